The maximum Gasteiger partial charge on any atom is 0.171 e. The van der Waals surface area contributed by atoms with Crippen LogP contribution in [-0.2, 0) is 9.98 Å². The molecule has 0 radical (unpaired) electrons. The van der Waals surface area contributed by atoms with E-state index in [9.17, 15) is 0 Å². The lowest BCUT2D eigenvalue weighted by atomic mass is 9.65. The molecular formula is C96H71N12OP. The van der Waals surface area contributed by atoms with Crippen molar-refractivity contribution >= 4 is 23.1 Å². The Bertz CT molecular complexity index is 5450. The summed E-state index contributed by atoms with van der Waals surface area (Å²) in [6.45, 7) is 0. The Labute approximate surface area is 638 Å². The van der Waals surface area contributed by atoms with E-state index >= 15 is 4.57 Å². The monoisotopic (exact) mass is 1440 g/mol. The van der Waals surface area contributed by atoms with Crippen molar-refractivity contribution in [3.8, 4) is 137 Å². The minimum atomic E-state index is -3.33. The zero-order chi connectivity index (χ0) is 73.9. The van der Waals surface area contributed by atoms with Gasteiger partial charge in [-0.05, 0) is 24.0 Å². The first kappa shape index (κ1) is 69.2. The molecule has 0 bridgehead atoms. The summed E-state index contributed by atoms with van der Waals surface area (Å²) in [5, 5.41) is 2.12. The summed E-state index contributed by atoms with van der Waals surface area (Å²) < 4.78 is 15.6. The summed E-state index contributed by atoms with van der Waals surface area (Å²) >= 11 is 0. The standard InChI is InChI=1S/C48H33N6OP.C48H38N6/c55-56(40-24-14-5-15-25-40,41-30-26-38(27-31-41)47-51-43(34-16-6-1-7-17-34)49-44(52-47)35-18-8-2-9-19-35)42-32-28-39(29-33-42)48-53-45(36-20-10-3-11-21-36)50-46(54-48)37-22-12-4-13-23-37;1-6-16-34(17-7-1)42-49-43(35-18-8-2-9-19-35)52-46(51-42)38-24-28-40(29-25-38)48(32-14-5-15-33-48)41-30-26-39(27-31-41)47-53-44(36-20-10-3-11-21-36)50-45(54-47)37-22-12-4-13-23-37/h1-33H;1-4,6-13,16-31H,5,14-15,32-33H2. The van der Waals surface area contributed by atoms with Crippen LogP contribution < -0.4 is 15.9 Å². The van der Waals surface area contributed by atoms with E-state index in [-0.39, 0.29) is 5.41 Å². The Morgan fingerprint density at radius 1 is 0.173 bits per heavy atom. The maximum absolute atomic E-state index is 15.6. The highest BCUT2D eigenvalue weighted by atomic mass is 31.2. The third kappa shape index (κ3) is 14.9. The Morgan fingerprint density at radius 3 is 0.518 bits per heavy atom. The molecule has 110 heavy (non-hydrogen) atoms. The molecule has 4 aromatic heterocycles. The molecule has 14 heteroatoms. The van der Waals surface area contributed by atoms with E-state index in [1.54, 1.807) is 0 Å². The van der Waals surface area contributed by atoms with E-state index in [0.29, 0.717) is 80.5 Å². The molecule has 4 heterocycles. The molecule has 0 unspecified atom stereocenters. The van der Waals surface area contributed by atoms with Crippen molar-refractivity contribution in [2.75, 3.05) is 0 Å². The van der Waals surface area contributed by atoms with E-state index in [1.807, 2.05) is 322 Å². The number of rotatable bonds is 17. The van der Waals surface area contributed by atoms with E-state index in [2.05, 4.69) is 48.5 Å². The van der Waals surface area contributed by atoms with Gasteiger partial charge in [-0.2, -0.15) is 0 Å². The largest absolute Gasteiger partial charge is 0.309 e. The second-order valence-corrected chi connectivity index (χ2v) is 29.8. The number of nitrogens with zero attached hydrogens (tertiary/aromatic N) is 12. The van der Waals surface area contributed by atoms with Gasteiger partial charge in [0.2, 0.25) is 0 Å². The molecule has 18 rings (SSSR count). The third-order valence-electron chi connectivity index (χ3n) is 20.0. The van der Waals surface area contributed by atoms with Gasteiger partial charge >= 0.3 is 0 Å². The first-order chi connectivity index (χ1) is 54.3. The van der Waals surface area contributed by atoms with Crippen LogP contribution in [0.1, 0.15) is 43.2 Å². The minimum Gasteiger partial charge on any atom is -0.309 e. The molecule has 0 aliphatic heterocycles. The van der Waals surface area contributed by atoms with Crippen LogP contribution in [0.3, 0.4) is 0 Å². The predicted octanol–water partition coefficient (Wildman–Crippen LogP) is 21.0. The summed E-state index contributed by atoms with van der Waals surface area (Å²) in [5.74, 6) is 7.38. The molecular weight excluding hydrogens is 1370 g/mol. The van der Waals surface area contributed by atoms with Gasteiger partial charge in [-0.25, -0.2) is 59.8 Å². The first-order valence-electron chi connectivity index (χ1n) is 36.9. The van der Waals surface area contributed by atoms with Gasteiger partial charge in [-0.15, -0.1) is 0 Å². The van der Waals surface area contributed by atoms with Crippen molar-refractivity contribution in [2.45, 2.75) is 37.5 Å². The second kappa shape index (κ2) is 31.7. The molecule has 1 saturated carbocycles. The summed E-state index contributed by atoms with van der Waals surface area (Å²) in [6, 6.07) is 123. The SMILES string of the molecule is O=P(c1ccccc1)(c1ccc(-c2nc(-c3ccccc3)nc(-c3ccccc3)n2)cc1)c1ccc(-c2nc(-c3ccccc3)nc(-c3ccccc3)n2)cc1.c1ccc(-c2nc(-c3ccccc3)nc(-c3ccc(C4(c5ccc(-c6nc(-c7ccccc7)nc(-c7ccccc7)n6)cc5)CCCCC4)cc3)n2)cc1. The summed E-state index contributed by atoms with van der Waals surface area (Å²) in [7, 11) is -3.33. The van der Waals surface area contributed by atoms with E-state index < -0.39 is 7.14 Å². The zero-order valence-corrected chi connectivity index (χ0v) is 60.9. The highest BCUT2D eigenvalue weighted by Crippen LogP contribution is 2.47. The molecule has 1 fully saturated rings. The molecule has 0 atom stereocenters. The smallest absolute Gasteiger partial charge is 0.171 e. The summed E-state index contributed by atoms with van der Waals surface area (Å²) in [4.78, 5) is 58.8. The van der Waals surface area contributed by atoms with Crippen molar-refractivity contribution in [1.29, 1.82) is 0 Å². The third-order valence-corrected chi connectivity index (χ3v) is 23.1. The van der Waals surface area contributed by atoms with Gasteiger partial charge in [0.25, 0.3) is 0 Å². The van der Waals surface area contributed by atoms with Crippen molar-refractivity contribution in [3.05, 3.63) is 381 Å². The molecule has 1 aliphatic carbocycles. The van der Waals surface area contributed by atoms with Gasteiger partial charge in [0.15, 0.2) is 77.0 Å². The molecule has 1 aliphatic rings. The van der Waals surface area contributed by atoms with Crippen LogP contribution in [0.2, 0.25) is 0 Å². The number of hydrogen-bond acceptors (Lipinski definition) is 13. The van der Waals surface area contributed by atoms with Crippen molar-refractivity contribution in [2.24, 2.45) is 0 Å². The molecule has 13 nitrogen and oxygen atoms in total. The summed E-state index contributed by atoms with van der Waals surface area (Å²) in [5.41, 5.74) is 13.5. The predicted molar refractivity (Wildman–Crippen MR) is 441 cm³/mol. The lowest BCUT2D eigenvalue weighted by Crippen LogP contribution is -2.30. The van der Waals surface area contributed by atoms with Crippen LogP contribution in [0.25, 0.3) is 137 Å². The Morgan fingerprint density at radius 2 is 0.327 bits per heavy atom. The van der Waals surface area contributed by atoms with Crippen LogP contribution >= 0.6 is 7.14 Å². The van der Waals surface area contributed by atoms with Crippen LogP contribution in [-0.4, -0.2) is 59.8 Å². The van der Waals surface area contributed by atoms with Crippen LogP contribution in [0.15, 0.2) is 370 Å². The van der Waals surface area contributed by atoms with Gasteiger partial charge in [0, 0.05) is 88.1 Å². The molecule has 0 spiro atoms. The average Bonchev–Trinajstić information content (AvgIpc) is 0.747. The van der Waals surface area contributed by atoms with E-state index in [0.717, 1.165) is 84.9 Å². The number of hydrogen-bond donors (Lipinski definition) is 0. The Balaban J connectivity index is 0.000000160. The lowest BCUT2D eigenvalue weighted by molar-refractivity contribution is 0.346. The van der Waals surface area contributed by atoms with Crippen molar-refractivity contribution < 1.29 is 4.57 Å². The number of aromatic nitrogens is 12. The van der Waals surface area contributed by atoms with Gasteiger partial charge in [0.1, 0.15) is 0 Å². The zero-order valence-electron chi connectivity index (χ0n) is 60.0. The minimum absolute atomic E-state index is 0.0949. The lowest BCUT2D eigenvalue weighted by Gasteiger charge is -2.39. The highest BCUT2D eigenvalue weighted by Gasteiger charge is 2.36. The Kier molecular flexibility index (Phi) is 19.9. The van der Waals surface area contributed by atoms with Gasteiger partial charge in [0.05, 0.1) is 0 Å². The topological polar surface area (TPSA) is 172 Å². The summed E-state index contributed by atoms with van der Waals surface area (Å²) in [6.07, 6.45) is 5.81. The first-order valence-corrected chi connectivity index (χ1v) is 38.6. The quantitative estimate of drug-likeness (QED) is 0.0789. The average molecular weight is 1440 g/mol. The highest BCUT2D eigenvalue weighted by molar-refractivity contribution is 7.85. The Hall–Kier alpha value is -13.9. The van der Waals surface area contributed by atoms with Crippen LogP contribution in [0.5, 0.6) is 0 Å². The molecule has 17 aromatic rings. The van der Waals surface area contributed by atoms with Crippen molar-refractivity contribution in [1.82, 2.24) is 59.8 Å². The molecule has 0 N–H and O–H groups in total. The number of benzene rings is 13. The fraction of sp³-hybridized carbons (Fsp3) is 0.0625. The second-order valence-electron chi connectivity index (χ2n) is 27.0. The van der Waals surface area contributed by atoms with E-state index in [4.69, 9.17) is 59.8 Å². The molecule has 0 amide bonds. The normalized spacial score (nSPS) is 12.5. The van der Waals surface area contributed by atoms with Crippen LogP contribution in [0.4, 0.5) is 0 Å². The van der Waals surface area contributed by atoms with Crippen molar-refractivity contribution in [3.63, 3.8) is 0 Å². The fourth-order valence-electron chi connectivity index (χ4n) is 14.3. The van der Waals surface area contributed by atoms with Gasteiger partial charge in [-0.1, -0.05) is 389 Å². The van der Waals surface area contributed by atoms with E-state index in [1.165, 1.54) is 30.4 Å². The van der Waals surface area contributed by atoms with Gasteiger partial charge < -0.3 is 4.57 Å². The molecule has 0 saturated heterocycles. The van der Waals surface area contributed by atoms with Crippen LogP contribution in [0, 0.1) is 0 Å². The maximum atomic E-state index is 15.6. The molecule has 526 valence electrons. The van der Waals surface area contributed by atoms with Gasteiger partial charge in [-0.3, -0.25) is 0 Å². The fourth-order valence-corrected chi connectivity index (χ4v) is 16.9. The molecule has 13 aromatic carbocycles.